The van der Waals surface area contributed by atoms with Crippen LogP contribution in [0, 0.1) is 0 Å². The molecular weight excluding hydrogens is 339 g/mol. The van der Waals surface area contributed by atoms with Gasteiger partial charge in [0.25, 0.3) is 0 Å². The van der Waals surface area contributed by atoms with Crippen molar-refractivity contribution in [3.63, 3.8) is 0 Å². The van der Waals surface area contributed by atoms with Crippen LogP contribution in [0.1, 0.15) is 6.42 Å². The Morgan fingerprint density at radius 1 is 1.24 bits per heavy atom. The zero-order valence-electron chi connectivity index (χ0n) is 11.6. The molecule has 0 fully saturated rings. The van der Waals surface area contributed by atoms with Crippen molar-refractivity contribution in [3.8, 4) is 0 Å². The van der Waals surface area contributed by atoms with E-state index < -0.39 is 10.0 Å². The molecule has 0 aliphatic heterocycles. The molecule has 120 valence electrons. The van der Waals surface area contributed by atoms with E-state index in [1.54, 1.807) is 7.11 Å². The first-order valence-corrected chi connectivity index (χ1v) is 8.44. The molecule has 1 rings (SSSR count). The summed E-state index contributed by atoms with van der Waals surface area (Å²) >= 11 is 11.7. The summed E-state index contributed by atoms with van der Waals surface area (Å²) in [5.74, 6) is 0. The smallest absolute Gasteiger partial charge is 0.242 e. The summed E-state index contributed by atoms with van der Waals surface area (Å²) in [4.78, 5) is -0.0913. The van der Waals surface area contributed by atoms with Crippen LogP contribution in [-0.4, -0.2) is 41.9 Å². The molecule has 0 aliphatic rings. The zero-order chi connectivity index (χ0) is 15.9. The van der Waals surface area contributed by atoms with Crippen LogP contribution in [0.4, 0.5) is 5.69 Å². The number of nitrogens with two attached hydrogens (primary N) is 1. The highest BCUT2D eigenvalue weighted by atomic mass is 35.5. The predicted molar refractivity (Wildman–Crippen MR) is 83.4 cm³/mol. The van der Waals surface area contributed by atoms with Crippen molar-refractivity contribution in [2.24, 2.45) is 0 Å². The van der Waals surface area contributed by atoms with E-state index in [0.29, 0.717) is 26.2 Å². The number of anilines is 1. The standard InChI is InChI=1S/C12H18Cl2N2O4S/c1-19-7-8-20-6-2-5-16-21(17,18)10-4-3-9(13)12(15)11(10)14/h3-4,16H,2,5-8,15H2,1H3. The normalized spacial score (nSPS) is 11.8. The van der Waals surface area contributed by atoms with Crippen LogP contribution in [-0.2, 0) is 19.5 Å². The largest absolute Gasteiger partial charge is 0.396 e. The minimum atomic E-state index is -3.73. The number of sulfonamides is 1. The lowest BCUT2D eigenvalue weighted by Crippen LogP contribution is -2.26. The molecule has 0 aromatic heterocycles. The summed E-state index contributed by atoms with van der Waals surface area (Å²) in [7, 11) is -2.15. The summed E-state index contributed by atoms with van der Waals surface area (Å²) in [5.41, 5.74) is 5.66. The van der Waals surface area contributed by atoms with Gasteiger partial charge in [-0.2, -0.15) is 0 Å². The van der Waals surface area contributed by atoms with E-state index in [1.165, 1.54) is 12.1 Å². The lowest BCUT2D eigenvalue weighted by Gasteiger charge is -2.10. The molecule has 0 atom stereocenters. The molecule has 21 heavy (non-hydrogen) atoms. The maximum atomic E-state index is 12.1. The highest BCUT2D eigenvalue weighted by Gasteiger charge is 2.20. The van der Waals surface area contributed by atoms with Crippen molar-refractivity contribution in [1.29, 1.82) is 0 Å². The van der Waals surface area contributed by atoms with Gasteiger partial charge >= 0.3 is 0 Å². The molecule has 1 aromatic rings. The van der Waals surface area contributed by atoms with Gasteiger partial charge in [0, 0.05) is 20.3 Å². The van der Waals surface area contributed by atoms with Crippen LogP contribution in [0.15, 0.2) is 17.0 Å². The zero-order valence-corrected chi connectivity index (χ0v) is 13.9. The number of hydrogen-bond donors (Lipinski definition) is 2. The van der Waals surface area contributed by atoms with Crippen LogP contribution >= 0.6 is 23.2 Å². The Bertz CT molecular complexity index is 567. The third-order valence-corrected chi connectivity index (χ3v) is 4.92. The van der Waals surface area contributed by atoms with E-state index >= 15 is 0 Å². The molecule has 3 N–H and O–H groups in total. The number of benzene rings is 1. The van der Waals surface area contributed by atoms with Crippen LogP contribution < -0.4 is 10.5 Å². The van der Waals surface area contributed by atoms with Gasteiger partial charge in [-0.25, -0.2) is 13.1 Å². The van der Waals surface area contributed by atoms with E-state index in [9.17, 15) is 8.42 Å². The summed E-state index contributed by atoms with van der Waals surface area (Å²) in [5, 5.41) is 0.136. The van der Waals surface area contributed by atoms with Crippen molar-refractivity contribution >= 4 is 38.9 Å². The van der Waals surface area contributed by atoms with Gasteiger partial charge in [0.15, 0.2) is 0 Å². The van der Waals surface area contributed by atoms with E-state index in [1.807, 2.05) is 0 Å². The highest BCUT2D eigenvalue weighted by molar-refractivity contribution is 7.89. The number of nitrogens with one attached hydrogen (secondary N) is 1. The fourth-order valence-corrected chi connectivity index (χ4v) is 3.30. The average Bonchev–Trinajstić information content (AvgIpc) is 2.43. The van der Waals surface area contributed by atoms with Gasteiger partial charge in [-0.05, 0) is 18.6 Å². The van der Waals surface area contributed by atoms with Crippen LogP contribution in [0.5, 0.6) is 0 Å². The van der Waals surface area contributed by atoms with Gasteiger partial charge < -0.3 is 15.2 Å². The Morgan fingerprint density at radius 2 is 1.95 bits per heavy atom. The molecule has 0 aliphatic carbocycles. The molecule has 0 bridgehead atoms. The second-order valence-corrected chi connectivity index (χ2v) is 6.65. The van der Waals surface area contributed by atoms with Crippen LogP contribution in [0.2, 0.25) is 10.0 Å². The Morgan fingerprint density at radius 3 is 2.62 bits per heavy atom. The summed E-state index contributed by atoms with van der Waals surface area (Å²) in [6, 6.07) is 2.71. The third-order valence-electron chi connectivity index (χ3n) is 2.57. The van der Waals surface area contributed by atoms with Crippen molar-refractivity contribution < 1.29 is 17.9 Å². The number of nitrogen functional groups attached to an aromatic ring is 1. The molecule has 0 saturated carbocycles. The minimum absolute atomic E-state index is 0.0455. The summed E-state index contributed by atoms with van der Waals surface area (Å²) in [6.45, 7) is 1.64. The van der Waals surface area contributed by atoms with Gasteiger partial charge in [0.1, 0.15) is 4.90 Å². The van der Waals surface area contributed by atoms with Crippen molar-refractivity contribution in [2.75, 3.05) is 39.2 Å². The number of methoxy groups -OCH3 is 1. The number of halogens is 2. The topological polar surface area (TPSA) is 90.6 Å². The lowest BCUT2D eigenvalue weighted by atomic mass is 10.3. The molecule has 0 amide bonds. The first kappa shape index (κ1) is 18.5. The predicted octanol–water partition coefficient (Wildman–Crippen LogP) is 1.91. The summed E-state index contributed by atoms with van der Waals surface area (Å²) < 4.78 is 36.7. The fraction of sp³-hybridized carbons (Fsp3) is 0.500. The molecule has 0 spiro atoms. The quantitative estimate of drug-likeness (QED) is 0.520. The Kier molecular flexibility index (Phi) is 7.72. The molecule has 0 saturated heterocycles. The molecule has 0 unspecified atom stereocenters. The second kappa shape index (κ2) is 8.77. The first-order valence-electron chi connectivity index (χ1n) is 6.20. The second-order valence-electron chi connectivity index (χ2n) is 4.13. The molecule has 9 heteroatoms. The van der Waals surface area contributed by atoms with Gasteiger partial charge in [-0.1, -0.05) is 23.2 Å². The lowest BCUT2D eigenvalue weighted by molar-refractivity contribution is 0.0699. The van der Waals surface area contributed by atoms with Crippen molar-refractivity contribution in [1.82, 2.24) is 4.72 Å². The van der Waals surface area contributed by atoms with E-state index in [0.717, 1.165) is 0 Å². The van der Waals surface area contributed by atoms with E-state index in [-0.39, 0.29) is 27.2 Å². The Hall–Kier alpha value is -0.570. The van der Waals surface area contributed by atoms with Gasteiger partial charge in [-0.3, -0.25) is 0 Å². The molecule has 0 heterocycles. The minimum Gasteiger partial charge on any atom is -0.396 e. The number of rotatable bonds is 9. The average molecular weight is 357 g/mol. The molecule has 1 aromatic carbocycles. The highest BCUT2D eigenvalue weighted by Crippen LogP contribution is 2.32. The fourth-order valence-electron chi connectivity index (χ4n) is 1.46. The third kappa shape index (κ3) is 5.61. The molecule has 0 radical (unpaired) electrons. The monoisotopic (exact) mass is 356 g/mol. The molecule has 6 nitrogen and oxygen atoms in total. The molecular formula is C12H18Cl2N2O4S. The van der Waals surface area contributed by atoms with Crippen LogP contribution in [0.25, 0.3) is 0 Å². The first-order chi connectivity index (χ1) is 9.90. The summed E-state index contributed by atoms with van der Waals surface area (Å²) in [6.07, 6.45) is 0.531. The SMILES string of the molecule is COCCOCCCNS(=O)(=O)c1ccc(Cl)c(N)c1Cl. The van der Waals surface area contributed by atoms with Gasteiger partial charge in [0.2, 0.25) is 10.0 Å². The Labute approximate surface area is 134 Å². The van der Waals surface area contributed by atoms with E-state index in [4.69, 9.17) is 38.4 Å². The van der Waals surface area contributed by atoms with E-state index in [2.05, 4.69) is 4.72 Å². The number of ether oxygens (including phenoxy) is 2. The van der Waals surface area contributed by atoms with Crippen molar-refractivity contribution in [3.05, 3.63) is 22.2 Å². The van der Waals surface area contributed by atoms with Gasteiger partial charge in [0.05, 0.1) is 28.9 Å². The van der Waals surface area contributed by atoms with Crippen molar-refractivity contribution in [2.45, 2.75) is 11.3 Å². The maximum Gasteiger partial charge on any atom is 0.242 e. The maximum absolute atomic E-state index is 12.1. The van der Waals surface area contributed by atoms with Gasteiger partial charge in [-0.15, -0.1) is 0 Å². The Balaban J connectivity index is 2.53. The van der Waals surface area contributed by atoms with Crippen LogP contribution in [0.3, 0.4) is 0 Å². The number of hydrogen-bond acceptors (Lipinski definition) is 5.